The zero-order valence-electron chi connectivity index (χ0n) is 21.4. The summed E-state index contributed by atoms with van der Waals surface area (Å²) >= 11 is 2.79. The highest BCUT2D eigenvalue weighted by Crippen LogP contribution is 2.58. The predicted molar refractivity (Wildman–Crippen MR) is 143 cm³/mol. The summed E-state index contributed by atoms with van der Waals surface area (Å²) in [5.74, 6) is 0.594. The fourth-order valence-corrected chi connectivity index (χ4v) is 5.93. The number of unbranched alkanes of at least 4 members (excludes halogenated alkanes) is 1. The van der Waals surface area contributed by atoms with E-state index in [1.165, 1.54) is 37.7 Å². The Balaban J connectivity index is 3.20. The van der Waals surface area contributed by atoms with Gasteiger partial charge in [-0.25, -0.2) is 0 Å². The maximum Gasteiger partial charge on any atom is 0.0525 e. The van der Waals surface area contributed by atoms with Crippen LogP contribution < -0.4 is 0 Å². The lowest BCUT2D eigenvalue weighted by Gasteiger charge is -2.55. The van der Waals surface area contributed by atoms with Crippen LogP contribution in [0.3, 0.4) is 0 Å². The van der Waals surface area contributed by atoms with Crippen molar-refractivity contribution in [2.45, 2.75) is 110 Å². The summed E-state index contributed by atoms with van der Waals surface area (Å²) in [4.78, 5) is 0. The Morgan fingerprint density at radius 3 is 2.03 bits per heavy atom. The molecule has 0 aliphatic rings. The van der Waals surface area contributed by atoms with Gasteiger partial charge in [0.1, 0.15) is 0 Å². The van der Waals surface area contributed by atoms with Crippen molar-refractivity contribution < 1.29 is 4.74 Å². The Kier molecular flexibility index (Phi) is 10.9. The molecule has 1 rings (SSSR count). The highest BCUT2D eigenvalue weighted by atomic mass is 127. The fraction of sp³-hybridized carbons (Fsp3) is 0.786. The van der Waals surface area contributed by atoms with Gasteiger partial charge in [-0.15, -0.1) is 0 Å². The molecule has 0 bridgehead atoms. The molecule has 30 heavy (non-hydrogen) atoms. The Labute approximate surface area is 202 Å². The van der Waals surface area contributed by atoms with E-state index >= 15 is 0 Å². The van der Waals surface area contributed by atoms with Crippen LogP contribution in [0.1, 0.15) is 112 Å². The largest absolute Gasteiger partial charge is 0.381 e. The molecular weight excluding hydrogens is 479 g/mol. The molecule has 0 saturated carbocycles. The fourth-order valence-electron chi connectivity index (χ4n) is 4.75. The molecular formula is C28H49IO. The molecule has 0 spiro atoms. The Hall–Kier alpha value is -0.0900. The van der Waals surface area contributed by atoms with Gasteiger partial charge in [0.25, 0.3) is 0 Å². The van der Waals surface area contributed by atoms with Gasteiger partial charge in [-0.1, -0.05) is 121 Å². The minimum Gasteiger partial charge on any atom is -0.381 e. The molecule has 0 heterocycles. The second-order valence-electron chi connectivity index (χ2n) is 11.2. The molecule has 1 aromatic carbocycles. The minimum atomic E-state index is 0.116. The molecule has 0 radical (unpaired) electrons. The van der Waals surface area contributed by atoms with Crippen molar-refractivity contribution in [1.29, 1.82) is 0 Å². The first-order valence-corrected chi connectivity index (χ1v) is 13.3. The van der Waals surface area contributed by atoms with E-state index in [4.69, 9.17) is 4.74 Å². The number of hydrogen-bond donors (Lipinski definition) is 0. The van der Waals surface area contributed by atoms with Crippen LogP contribution in [0.2, 0.25) is 0 Å². The summed E-state index contributed by atoms with van der Waals surface area (Å²) in [6.45, 7) is 23.5. The number of benzene rings is 1. The van der Waals surface area contributed by atoms with E-state index in [9.17, 15) is 0 Å². The van der Waals surface area contributed by atoms with Crippen molar-refractivity contribution in [3.05, 3.63) is 35.9 Å². The van der Waals surface area contributed by atoms with Crippen LogP contribution in [-0.4, -0.2) is 16.6 Å². The van der Waals surface area contributed by atoms with Crippen LogP contribution in [0, 0.1) is 16.2 Å². The molecule has 2 heteroatoms. The second kappa shape index (κ2) is 11.7. The van der Waals surface area contributed by atoms with E-state index in [0.29, 0.717) is 11.3 Å². The van der Waals surface area contributed by atoms with Crippen LogP contribution in [0.25, 0.3) is 0 Å². The standard InChI is InChI=1S/C28H49IO/c1-10-13-19-30-22-27(8,21-25(4,5)12-3)26(6,7)28(9,29)20-23(11-2)24-17-15-14-16-18-24/h14-18,23H,10-13,19-22H2,1-9H3. The lowest BCUT2D eigenvalue weighted by molar-refractivity contribution is -0.0640. The molecule has 0 aliphatic carbocycles. The molecule has 0 aromatic heterocycles. The summed E-state index contributed by atoms with van der Waals surface area (Å²) in [6.07, 6.45) is 7.12. The third-order valence-electron chi connectivity index (χ3n) is 8.09. The van der Waals surface area contributed by atoms with Crippen molar-refractivity contribution in [1.82, 2.24) is 0 Å². The topological polar surface area (TPSA) is 9.23 Å². The van der Waals surface area contributed by atoms with Crippen LogP contribution in [0.5, 0.6) is 0 Å². The van der Waals surface area contributed by atoms with Gasteiger partial charge in [0, 0.05) is 10.0 Å². The van der Waals surface area contributed by atoms with Gasteiger partial charge in [0.05, 0.1) is 6.61 Å². The monoisotopic (exact) mass is 528 g/mol. The summed E-state index contributed by atoms with van der Waals surface area (Å²) in [7, 11) is 0. The smallest absolute Gasteiger partial charge is 0.0525 e. The maximum atomic E-state index is 6.32. The molecule has 3 unspecified atom stereocenters. The third-order valence-corrected chi connectivity index (χ3v) is 9.88. The minimum absolute atomic E-state index is 0.116. The van der Waals surface area contributed by atoms with Crippen molar-refractivity contribution in [2.75, 3.05) is 13.2 Å². The van der Waals surface area contributed by atoms with Gasteiger partial charge in [-0.05, 0) is 60.3 Å². The van der Waals surface area contributed by atoms with Gasteiger partial charge >= 0.3 is 0 Å². The number of rotatable bonds is 14. The molecule has 1 nitrogen and oxygen atoms in total. The van der Waals surface area contributed by atoms with Crippen LogP contribution in [-0.2, 0) is 4.74 Å². The SMILES string of the molecule is CCCCOCC(C)(CC(C)(C)CC)C(C)(C)C(C)(I)CC(CC)c1ccccc1. The molecule has 1 aromatic rings. The number of alkyl halides is 1. The molecule has 3 atom stereocenters. The Morgan fingerprint density at radius 1 is 0.933 bits per heavy atom. The van der Waals surface area contributed by atoms with Gasteiger partial charge < -0.3 is 4.74 Å². The van der Waals surface area contributed by atoms with E-state index in [0.717, 1.165) is 19.6 Å². The number of halogens is 1. The van der Waals surface area contributed by atoms with Crippen molar-refractivity contribution >= 4 is 22.6 Å². The Bertz CT molecular complexity index is 604. The van der Waals surface area contributed by atoms with E-state index in [1.807, 2.05) is 0 Å². The number of ether oxygens (including phenoxy) is 1. The van der Waals surface area contributed by atoms with Gasteiger partial charge in [0.2, 0.25) is 0 Å². The molecule has 0 amide bonds. The summed E-state index contributed by atoms with van der Waals surface area (Å²) in [5.41, 5.74) is 2.04. The third kappa shape index (κ3) is 7.22. The zero-order valence-corrected chi connectivity index (χ0v) is 23.6. The van der Waals surface area contributed by atoms with E-state index in [-0.39, 0.29) is 14.3 Å². The summed E-state index contributed by atoms with van der Waals surface area (Å²) < 4.78 is 6.48. The Morgan fingerprint density at radius 2 is 1.53 bits per heavy atom. The highest BCUT2D eigenvalue weighted by Gasteiger charge is 2.53. The number of hydrogen-bond acceptors (Lipinski definition) is 1. The average molecular weight is 529 g/mol. The van der Waals surface area contributed by atoms with Crippen LogP contribution in [0.4, 0.5) is 0 Å². The molecule has 0 fully saturated rings. The van der Waals surface area contributed by atoms with Gasteiger partial charge in [-0.3, -0.25) is 0 Å². The molecule has 0 aliphatic heterocycles. The first kappa shape index (κ1) is 27.9. The lowest BCUT2D eigenvalue weighted by Crippen LogP contribution is -2.52. The predicted octanol–water partition coefficient (Wildman–Crippen LogP) is 9.44. The van der Waals surface area contributed by atoms with E-state index < -0.39 is 0 Å². The average Bonchev–Trinajstić information content (AvgIpc) is 2.69. The van der Waals surface area contributed by atoms with Crippen molar-refractivity contribution in [3.63, 3.8) is 0 Å². The van der Waals surface area contributed by atoms with Gasteiger partial charge in [0.15, 0.2) is 0 Å². The summed E-state index contributed by atoms with van der Waals surface area (Å²) in [6, 6.07) is 11.1. The van der Waals surface area contributed by atoms with Crippen LogP contribution in [0.15, 0.2) is 30.3 Å². The first-order chi connectivity index (χ1) is 13.9. The summed E-state index contributed by atoms with van der Waals surface area (Å²) in [5, 5.41) is 0. The second-order valence-corrected chi connectivity index (χ2v) is 13.6. The van der Waals surface area contributed by atoms with Crippen LogP contribution >= 0.6 is 22.6 Å². The molecule has 0 saturated heterocycles. The lowest BCUT2D eigenvalue weighted by atomic mass is 9.54. The van der Waals surface area contributed by atoms with Crippen molar-refractivity contribution in [2.24, 2.45) is 16.2 Å². The quantitative estimate of drug-likeness (QED) is 0.133. The maximum absolute atomic E-state index is 6.32. The zero-order chi connectivity index (χ0) is 23.1. The molecule has 0 N–H and O–H groups in total. The normalized spacial score (nSPS) is 17.9. The van der Waals surface area contributed by atoms with Gasteiger partial charge in [-0.2, -0.15) is 0 Å². The highest BCUT2D eigenvalue weighted by molar-refractivity contribution is 14.1. The first-order valence-electron chi connectivity index (χ1n) is 12.2. The van der Waals surface area contributed by atoms with E-state index in [2.05, 4.69) is 115 Å². The van der Waals surface area contributed by atoms with Crippen molar-refractivity contribution in [3.8, 4) is 0 Å². The van der Waals surface area contributed by atoms with E-state index in [1.54, 1.807) is 0 Å². The molecule has 174 valence electrons.